The van der Waals surface area contributed by atoms with Crippen LogP contribution in [-0.4, -0.2) is 19.6 Å². The fourth-order valence-electron chi connectivity index (χ4n) is 2.12. The summed E-state index contributed by atoms with van der Waals surface area (Å²) in [5.41, 5.74) is 4.20. The van der Waals surface area contributed by atoms with Gasteiger partial charge in [-0.25, -0.2) is 9.50 Å². The fourth-order valence-corrected chi connectivity index (χ4v) is 2.12. The monoisotopic (exact) mass is 238 g/mol. The average molecular weight is 238 g/mol. The highest BCUT2D eigenvalue weighted by atomic mass is 15.3. The van der Waals surface area contributed by atoms with Crippen LogP contribution in [0.25, 0.3) is 16.9 Å². The molecule has 0 unspecified atom stereocenters. The molecule has 0 aromatic carbocycles. The molecule has 3 heterocycles. The minimum atomic E-state index is 0.943. The summed E-state index contributed by atoms with van der Waals surface area (Å²) < 4.78 is 1.89. The summed E-state index contributed by atoms with van der Waals surface area (Å²) in [7, 11) is 0. The molecule has 0 N–H and O–H groups in total. The van der Waals surface area contributed by atoms with Gasteiger partial charge in [-0.2, -0.15) is 5.10 Å². The highest BCUT2D eigenvalue weighted by Crippen LogP contribution is 2.20. The Kier molecular flexibility index (Phi) is 2.76. The summed E-state index contributed by atoms with van der Waals surface area (Å²) in [4.78, 5) is 8.62. The molecule has 3 rings (SSSR count). The zero-order valence-electron chi connectivity index (χ0n) is 10.2. The third-order valence-corrected chi connectivity index (χ3v) is 2.96. The molecule has 0 aliphatic heterocycles. The Morgan fingerprint density at radius 3 is 2.89 bits per heavy atom. The standard InChI is InChI=1S/C14H14N4/c1-2-4-11-6-8-17-18-13(10-16-14(11)18)12-5-3-7-15-9-12/h3,5-10H,2,4H2,1H3. The Bertz CT molecular complexity index is 658. The second kappa shape index (κ2) is 4.56. The van der Waals surface area contributed by atoms with Gasteiger partial charge in [0.25, 0.3) is 0 Å². The van der Waals surface area contributed by atoms with Crippen LogP contribution in [0.15, 0.2) is 43.0 Å². The van der Waals surface area contributed by atoms with E-state index in [1.807, 2.05) is 41.3 Å². The Balaban J connectivity index is 2.18. The summed E-state index contributed by atoms with van der Waals surface area (Å²) >= 11 is 0. The number of hydrogen-bond acceptors (Lipinski definition) is 3. The highest BCUT2D eigenvalue weighted by Gasteiger charge is 2.09. The van der Waals surface area contributed by atoms with E-state index in [2.05, 4.69) is 22.0 Å². The molecular weight excluding hydrogens is 224 g/mol. The molecular formula is C14H14N4. The average Bonchev–Trinajstić information content (AvgIpc) is 2.85. The number of aromatic nitrogens is 4. The van der Waals surface area contributed by atoms with Crippen LogP contribution in [0.2, 0.25) is 0 Å². The zero-order valence-corrected chi connectivity index (χ0v) is 10.2. The van der Waals surface area contributed by atoms with Crippen molar-refractivity contribution in [1.82, 2.24) is 19.6 Å². The molecule has 0 aliphatic carbocycles. The van der Waals surface area contributed by atoms with E-state index in [4.69, 9.17) is 0 Å². The van der Waals surface area contributed by atoms with Crippen LogP contribution in [0.4, 0.5) is 0 Å². The summed E-state index contributed by atoms with van der Waals surface area (Å²) in [6, 6.07) is 5.98. The van der Waals surface area contributed by atoms with Gasteiger partial charge in [-0.3, -0.25) is 4.98 Å². The van der Waals surface area contributed by atoms with Gasteiger partial charge in [0.05, 0.1) is 11.9 Å². The minimum absolute atomic E-state index is 0.943. The smallest absolute Gasteiger partial charge is 0.157 e. The number of imidazole rings is 1. The number of aryl methyl sites for hydroxylation is 1. The second-order valence-electron chi connectivity index (χ2n) is 4.23. The first kappa shape index (κ1) is 10.9. The Labute approximate surface area is 105 Å². The van der Waals surface area contributed by atoms with E-state index in [9.17, 15) is 0 Å². The molecule has 0 aliphatic rings. The number of hydrogen-bond donors (Lipinski definition) is 0. The molecule has 0 spiro atoms. The van der Waals surface area contributed by atoms with Gasteiger partial charge in [-0.1, -0.05) is 13.3 Å². The molecule has 0 amide bonds. The predicted octanol–water partition coefficient (Wildman–Crippen LogP) is 2.74. The maximum absolute atomic E-state index is 4.49. The predicted molar refractivity (Wildman–Crippen MR) is 70.2 cm³/mol. The lowest BCUT2D eigenvalue weighted by Gasteiger charge is -2.03. The Morgan fingerprint density at radius 2 is 2.11 bits per heavy atom. The normalized spacial score (nSPS) is 10.9. The maximum Gasteiger partial charge on any atom is 0.157 e. The number of pyridine rings is 1. The number of rotatable bonds is 3. The highest BCUT2D eigenvalue weighted by molar-refractivity contribution is 5.63. The molecule has 4 nitrogen and oxygen atoms in total. The Hall–Kier alpha value is -2.23. The summed E-state index contributed by atoms with van der Waals surface area (Å²) in [5.74, 6) is 0. The summed E-state index contributed by atoms with van der Waals surface area (Å²) in [6.07, 6.45) is 9.42. The van der Waals surface area contributed by atoms with Crippen LogP contribution in [0, 0.1) is 0 Å². The van der Waals surface area contributed by atoms with Crippen molar-refractivity contribution in [2.24, 2.45) is 0 Å². The minimum Gasteiger partial charge on any atom is -0.264 e. The first-order valence-corrected chi connectivity index (χ1v) is 6.12. The molecule has 0 saturated heterocycles. The van der Waals surface area contributed by atoms with Crippen molar-refractivity contribution >= 4 is 5.65 Å². The summed E-state index contributed by atoms with van der Waals surface area (Å²) in [5, 5.41) is 4.39. The summed E-state index contributed by atoms with van der Waals surface area (Å²) in [6.45, 7) is 2.17. The molecule has 0 atom stereocenters. The number of fused-ring (bicyclic) bond motifs is 1. The SMILES string of the molecule is CCCc1ccnn2c(-c3cccnc3)cnc12. The zero-order chi connectivity index (χ0) is 12.4. The third kappa shape index (κ3) is 1.76. The fraction of sp³-hybridized carbons (Fsp3) is 0.214. The van der Waals surface area contributed by atoms with E-state index in [-0.39, 0.29) is 0 Å². The third-order valence-electron chi connectivity index (χ3n) is 2.96. The number of nitrogens with zero attached hydrogens (tertiary/aromatic N) is 4. The van der Waals surface area contributed by atoms with Crippen LogP contribution in [0.3, 0.4) is 0 Å². The van der Waals surface area contributed by atoms with Gasteiger partial charge in [0, 0.05) is 24.2 Å². The van der Waals surface area contributed by atoms with Gasteiger partial charge < -0.3 is 0 Å². The van der Waals surface area contributed by atoms with E-state index < -0.39 is 0 Å². The quantitative estimate of drug-likeness (QED) is 0.704. The van der Waals surface area contributed by atoms with E-state index in [0.717, 1.165) is 29.7 Å². The van der Waals surface area contributed by atoms with Crippen molar-refractivity contribution < 1.29 is 0 Å². The van der Waals surface area contributed by atoms with Crippen molar-refractivity contribution in [2.45, 2.75) is 19.8 Å². The van der Waals surface area contributed by atoms with E-state index in [1.165, 1.54) is 5.56 Å². The van der Waals surface area contributed by atoms with Crippen LogP contribution in [-0.2, 0) is 6.42 Å². The topological polar surface area (TPSA) is 43.1 Å². The van der Waals surface area contributed by atoms with Gasteiger partial charge in [-0.15, -0.1) is 0 Å². The largest absolute Gasteiger partial charge is 0.264 e. The molecule has 3 aromatic rings. The first-order valence-electron chi connectivity index (χ1n) is 6.12. The molecule has 0 radical (unpaired) electrons. The van der Waals surface area contributed by atoms with Gasteiger partial charge in [0.15, 0.2) is 5.65 Å². The Morgan fingerprint density at radius 1 is 1.17 bits per heavy atom. The van der Waals surface area contributed by atoms with Crippen LogP contribution < -0.4 is 0 Å². The first-order chi connectivity index (χ1) is 8.90. The van der Waals surface area contributed by atoms with Crippen molar-refractivity contribution in [3.8, 4) is 11.3 Å². The van der Waals surface area contributed by atoms with Crippen molar-refractivity contribution in [3.63, 3.8) is 0 Å². The van der Waals surface area contributed by atoms with E-state index >= 15 is 0 Å². The van der Waals surface area contributed by atoms with Gasteiger partial charge in [0.2, 0.25) is 0 Å². The lowest BCUT2D eigenvalue weighted by molar-refractivity contribution is 0.878. The molecule has 0 fully saturated rings. The second-order valence-corrected chi connectivity index (χ2v) is 4.23. The van der Waals surface area contributed by atoms with E-state index in [1.54, 1.807) is 6.20 Å². The van der Waals surface area contributed by atoms with Crippen LogP contribution >= 0.6 is 0 Å². The maximum atomic E-state index is 4.49. The lowest BCUT2D eigenvalue weighted by atomic mass is 10.2. The van der Waals surface area contributed by atoms with Crippen molar-refractivity contribution in [2.75, 3.05) is 0 Å². The van der Waals surface area contributed by atoms with Gasteiger partial charge in [0.1, 0.15) is 0 Å². The van der Waals surface area contributed by atoms with E-state index in [0.29, 0.717) is 0 Å². The van der Waals surface area contributed by atoms with Crippen LogP contribution in [0.1, 0.15) is 18.9 Å². The molecule has 0 saturated carbocycles. The molecule has 3 aromatic heterocycles. The lowest BCUT2D eigenvalue weighted by Crippen LogP contribution is -1.97. The molecule has 4 heteroatoms. The van der Waals surface area contributed by atoms with Gasteiger partial charge >= 0.3 is 0 Å². The molecule has 90 valence electrons. The van der Waals surface area contributed by atoms with Gasteiger partial charge in [-0.05, 0) is 30.2 Å². The van der Waals surface area contributed by atoms with Crippen molar-refractivity contribution in [3.05, 3.63) is 48.5 Å². The molecule has 0 bridgehead atoms. The molecule has 18 heavy (non-hydrogen) atoms. The van der Waals surface area contributed by atoms with Crippen LogP contribution in [0.5, 0.6) is 0 Å². The van der Waals surface area contributed by atoms with Crippen molar-refractivity contribution in [1.29, 1.82) is 0 Å².